The normalized spacial score (nSPS) is 17.2. The third-order valence-corrected chi connectivity index (χ3v) is 3.90. The highest BCUT2D eigenvalue weighted by atomic mass is 35.5. The van der Waals surface area contributed by atoms with E-state index in [-0.39, 0.29) is 5.41 Å². The highest BCUT2D eigenvalue weighted by Crippen LogP contribution is 2.25. The van der Waals surface area contributed by atoms with Gasteiger partial charge in [0, 0.05) is 30.6 Å². The molecule has 1 aromatic heterocycles. The topological polar surface area (TPSA) is 31.4 Å². The molecule has 0 saturated carbocycles. The van der Waals surface area contributed by atoms with E-state index < -0.39 is 0 Å². The van der Waals surface area contributed by atoms with Crippen LogP contribution in [0.1, 0.15) is 44.9 Å². The molecule has 0 N–H and O–H groups in total. The lowest BCUT2D eigenvalue weighted by Gasteiger charge is -2.23. The predicted molar refractivity (Wildman–Crippen MR) is 81.5 cm³/mol. The number of aromatic nitrogens is 1. The van der Waals surface area contributed by atoms with Gasteiger partial charge in [0.25, 0.3) is 0 Å². The van der Waals surface area contributed by atoms with Crippen molar-refractivity contribution >= 4 is 11.6 Å². The quantitative estimate of drug-likeness (QED) is 0.789. The minimum atomic E-state index is -0.00113. The summed E-state index contributed by atoms with van der Waals surface area (Å²) < 4.78 is 11.3. The molecule has 0 radical (unpaired) electrons. The number of hydrogen-bond donors (Lipinski definition) is 0. The lowest BCUT2D eigenvalue weighted by atomic mass is 9.91. The van der Waals surface area contributed by atoms with Crippen LogP contribution in [0.5, 0.6) is 5.88 Å². The molecule has 20 heavy (non-hydrogen) atoms. The number of halogens is 1. The molecule has 1 aromatic rings. The molecule has 1 fully saturated rings. The van der Waals surface area contributed by atoms with Gasteiger partial charge in [-0.3, -0.25) is 0 Å². The summed E-state index contributed by atoms with van der Waals surface area (Å²) in [7, 11) is 0. The second-order valence-electron chi connectivity index (χ2n) is 6.45. The Morgan fingerprint density at radius 1 is 1.30 bits per heavy atom. The minimum Gasteiger partial charge on any atom is -0.477 e. The Morgan fingerprint density at radius 2 is 2.00 bits per heavy atom. The number of alkyl halides is 1. The first-order valence-electron chi connectivity index (χ1n) is 7.27. The molecule has 112 valence electrons. The molecule has 1 saturated heterocycles. The summed E-state index contributed by atoms with van der Waals surface area (Å²) in [4.78, 5) is 4.62. The molecule has 0 spiro atoms. The van der Waals surface area contributed by atoms with E-state index in [4.69, 9.17) is 21.1 Å². The number of nitrogens with zero attached hydrogens (tertiary/aromatic N) is 1. The number of rotatable bonds is 4. The first-order chi connectivity index (χ1) is 9.49. The van der Waals surface area contributed by atoms with Crippen LogP contribution in [0.15, 0.2) is 12.1 Å². The van der Waals surface area contributed by atoms with Crippen molar-refractivity contribution in [2.24, 2.45) is 5.92 Å². The van der Waals surface area contributed by atoms with Crippen molar-refractivity contribution in [3.05, 3.63) is 23.4 Å². The van der Waals surface area contributed by atoms with E-state index in [0.29, 0.717) is 24.3 Å². The minimum absolute atomic E-state index is 0.00113. The third-order valence-electron chi connectivity index (χ3n) is 3.59. The lowest BCUT2D eigenvalue weighted by molar-refractivity contribution is 0.0490. The largest absolute Gasteiger partial charge is 0.477 e. The van der Waals surface area contributed by atoms with E-state index >= 15 is 0 Å². The van der Waals surface area contributed by atoms with Gasteiger partial charge in [-0.25, -0.2) is 4.98 Å². The second kappa shape index (κ2) is 6.77. The van der Waals surface area contributed by atoms with Gasteiger partial charge >= 0.3 is 0 Å². The molecule has 4 heteroatoms. The molecular weight excluding hydrogens is 274 g/mol. The molecule has 0 amide bonds. The fraction of sp³-hybridized carbons (Fsp3) is 0.688. The Bertz CT molecular complexity index is 437. The molecule has 0 aromatic carbocycles. The highest BCUT2D eigenvalue weighted by Gasteiger charge is 2.19. The third kappa shape index (κ3) is 4.35. The van der Waals surface area contributed by atoms with E-state index in [2.05, 4.69) is 31.8 Å². The Hall–Kier alpha value is -0.800. The number of pyridine rings is 1. The Morgan fingerprint density at radius 3 is 2.60 bits per heavy atom. The van der Waals surface area contributed by atoms with E-state index in [9.17, 15) is 0 Å². The molecule has 0 bridgehead atoms. The molecule has 2 rings (SSSR count). The molecule has 0 aliphatic carbocycles. The van der Waals surface area contributed by atoms with E-state index in [0.717, 1.165) is 37.3 Å². The summed E-state index contributed by atoms with van der Waals surface area (Å²) in [6.45, 7) is 8.85. The van der Waals surface area contributed by atoms with Crippen LogP contribution in [0, 0.1) is 5.92 Å². The zero-order chi connectivity index (χ0) is 14.6. The first kappa shape index (κ1) is 15.6. The SMILES string of the molecule is CC(C)(C)c1cc(CCl)cc(OCC2CCOCC2)n1. The van der Waals surface area contributed by atoms with Gasteiger partial charge in [0.05, 0.1) is 12.3 Å². The monoisotopic (exact) mass is 297 g/mol. The van der Waals surface area contributed by atoms with Gasteiger partial charge in [0.2, 0.25) is 5.88 Å². The first-order valence-corrected chi connectivity index (χ1v) is 7.80. The van der Waals surface area contributed by atoms with Crippen LogP contribution in [0.3, 0.4) is 0 Å². The molecule has 1 aliphatic heterocycles. The number of hydrogen-bond acceptors (Lipinski definition) is 3. The molecule has 0 atom stereocenters. The molecule has 3 nitrogen and oxygen atoms in total. The lowest BCUT2D eigenvalue weighted by Crippen LogP contribution is -2.22. The van der Waals surface area contributed by atoms with Crippen LogP contribution in [0.4, 0.5) is 0 Å². The average Bonchev–Trinajstić information content (AvgIpc) is 2.45. The van der Waals surface area contributed by atoms with Crippen LogP contribution in [-0.4, -0.2) is 24.8 Å². The average molecular weight is 298 g/mol. The van der Waals surface area contributed by atoms with Gasteiger partial charge in [-0.15, -0.1) is 11.6 Å². The maximum absolute atomic E-state index is 5.97. The molecule has 0 unspecified atom stereocenters. The summed E-state index contributed by atoms with van der Waals surface area (Å²) in [5, 5.41) is 0. The van der Waals surface area contributed by atoms with Crippen molar-refractivity contribution in [1.29, 1.82) is 0 Å². The van der Waals surface area contributed by atoms with Gasteiger partial charge in [0.15, 0.2) is 0 Å². The van der Waals surface area contributed by atoms with Gasteiger partial charge < -0.3 is 9.47 Å². The maximum atomic E-state index is 5.97. The van der Waals surface area contributed by atoms with Crippen molar-refractivity contribution in [2.45, 2.75) is 44.9 Å². The summed E-state index contributed by atoms with van der Waals surface area (Å²) in [6.07, 6.45) is 2.14. The van der Waals surface area contributed by atoms with Crippen molar-refractivity contribution in [3.8, 4) is 5.88 Å². The van der Waals surface area contributed by atoms with Gasteiger partial charge in [-0.1, -0.05) is 20.8 Å². The van der Waals surface area contributed by atoms with Crippen LogP contribution < -0.4 is 4.74 Å². The van der Waals surface area contributed by atoms with E-state index in [1.165, 1.54) is 0 Å². The number of ether oxygens (including phenoxy) is 2. The van der Waals surface area contributed by atoms with Crippen LogP contribution in [0.2, 0.25) is 0 Å². The summed E-state index contributed by atoms with van der Waals surface area (Å²) in [6, 6.07) is 4.01. The Balaban J connectivity index is 2.06. The van der Waals surface area contributed by atoms with E-state index in [1.54, 1.807) is 0 Å². The van der Waals surface area contributed by atoms with Crippen molar-refractivity contribution in [1.82, 2.24) is 4.98 Å². The fourth-order valence-electron chi connectivity index (χ4n) is 2.21. The van der Waals surface area contributed by atoms with E-state index in [1.807, 2.05) is 6.07 Å². The highest BCUT2D eigenvalue weighted by molar-refractivity contribution is 6.17. The predicted octanol–water partition coefficient (Wildman–Crippen LogP) is 3.92. The Labute approximate surface area is 126 Å². The fourth-order valence-corrected chi connectivity index (χ4v) is 2.37. The van der Waals surface area contributed by atoms with Crippen molar-refractivity contribution in [2.75, 3.05) is 19.8 Å². The zero-order valence-corrected chi connectivity index (χ0v) is 13.4. The zero-order valence-electron chi connectivity index (χ0n) is 12.6. The van der Waals surface area contributed by atoms with Gasteiger partial charge in [-0.05, 0) is 30.4 Å². The summed E-state index contributed by atoms with van der Waals surface area (Å²) >= 11 is 5.97. The summed E-state index contributed by atoms with van der Waals surface area (Å²) in [5.41, 5.74) is 2.09. The molecule has 2 heterocycles. The van der Waals surface area contributed by atoms with Gasteiger partial charge in [0.1, 0.15) is 0 Å². The Kier molecular flexibility index (Phi) is 5.28. The standard InChI is InChI=1S/C16H24ClNO2/c1-16(2,3)14-8-13(10-17)9-15(18-14)20-11-12-4-6-19-7-5-12/h8-9,12H,4-7,10-11H2,1-3H3. The van der Waals surface area contributed by atoms with Gasteiger partial charge in [-0.2, -0.15) is 0 Å². The van der Waals surface area contributed by atoms with Crippen LogP contribution in [-0.2, 0) is 16.0 Å². The smallest absolute Gasteiger partial charge is 0.213 e. The van der Waals surface area contributed by atoms with Crippen molar-refractivity contribution < 1.29 is 9.47 Å². The molecular formula is C16H24ClNO2. The second-order valence-corrected chi connectivity index (χ2v) is 6.72. The van der Waals surface area contributed by atoms with Crippen LogP contribution in [0.25, 0.3) is 0 Å². The molecule has 1 aliphatic rings. The summed E-state index contributed by atoms with van der Waals surface area (Å²) in [5.74, 6) is 1.75. The maximum Gasteiger partial charge on any atom is 0.213 e. The van der Waals surface area contributed by atoms with Crippen molar-refractivity contribution in [3.63, 3.8) is 0 Å². The van der Waals surface area contributed by atoms with Crippen LogP contribution >= 0.6 is 11.6 Å².